The van der Waals surface area contributed by atoms with Crippen molar-refractivity contribution in [3.05, 3.63) is 48.5 Å². The maximum atomic E-state index is 12.9. The summed E-state index contributed by atoms with van der Waals surface area (Å²) in [6, 6.07) is 15.3. The number of fused-ring (bicyclic) bond motifs is 2. The SMILES string of the molecule is O=C(Nc1ccc(-c2nc(N3C(CO)CCC3CO)nc(N3C4CCC3COC4)n2)cc1)Nc1ccc(N2CCN(CC3CC3)CC2)cc1. The Balaban J connectivity index is 0.942. The van der Waals surface area contributed by atoms with Gasteiger partial charge in [0.15, 0.2) is 5.82 Å². The topological polar surface area (TPSA) is 142 Å². The molecular formula is C36H47N9O4. The quantitative estimate of drug-likeness (QED) is 0.252. The molecule has 4 saturated heterocycles. The van der Waals surface area contributed by atoms with Crippen molar-refractivity contribution in [2.45, 2.75) is 62.7 Å². The van der Waals surface area contributed by atoms with E-state index in [2.05, 4.69) is 37.5 Å². The van der Waals surface area contributed by atoms with E-state index < -0.39 is 0 Å². The fraction of sp³-hybridized carbons (Fsp3) is 0.556. The van der Waals surface area contributed by atoms with Crippen LogP contribution < -0.4 is 25.3 Å². The van der Waals surface area contributed by atoms with Crippen LogP contribution in [0, 0.1) is 5.92 Å². The van der Waals surface area contributed by atoms with Crippen LogP contribution in [0.1, 0.15) is 38.5 Å². The zero-order valence-electron chi connectivity index (χ0n) is 28.0. The van der Waals surface area contributed by atoms with E-state index in [4.69, 9.17) is 19.7 Å². The molecular weight excluding hydrogens is 622 g/mol. The standard InChI is InChI=1S/C36H47N9O4/c46-20-29-11-12-30(21-47)44(29)34-39-33(40-35(41-34)45-31-13-14-32(45)23-49-22-31)25-3-5-26(6-4-25)37-36(48)38-27-7-9-28(10-8-27)43-17-15-42(16-18-43)19-24-1-2-24/h3-10,24,29-32,46-47H,1-2,11-23H2,(H2,37,38,48). The Labute approximate surface area is 287 Å². The number of nitrogens with zero attached hydrogens (tertiary/aromatic N) is 7. The number of piperazine rings is 1. The van der Waals surface area contributed by atoms with Crippen LogP contribution in [0.25, 0.3) is 11.4 Å². The van der Waals surface area contributed by atoms with Crippen LogP contribution in [0.3, 0.4) is 0 Å². The molecule has 3 aromatic rings. The number of carbonyl (C=O) groups is 1. The van der Waals surface area contributed by atoms with Gasteiger partial charge in [0.05, 0.1) is 50.6 Å². The van der Waals surface area contributed by atoms with Gasteiger partial charge in [-0.1, -0.05) is 0 Å². The Morgan fingerprint density at radius 2 is 1.29 bits per heavy atom. The molecule has 1 aliphatic carbocycles. The number of carbonyl (C=O) groups excluding carboxylic acids is 1. The predicted octanol–water partition coefficient (Wildman–Crippen LogP) is 3.40. The van der Waals surface area contributed by atoms with E-state index in [1.165, 1.54) is 25.1 Å². The van der Waals surface area contributed by atoms with Crippen molar-refractivity contribution in [1.29, 1.82) is 0 Å². The summed E-state index contributed by atoms with van der Waals surface area (Å²) in [7, 11) is 0. The predicted molar refractivity (Wildman–Crippen MR) is 189 cm³/mol. The number of ether oxygens (including phenoxy) is 1. The number of amides is 2. The Hall–Kier alpha value is -4.04. The minimum atomic E-state index is -0.319. The Bertz CT molecular complexity index is 1570. The van der Waals surface area contributed by atoms with E-state index in [1.54, 1.807) is 0 Å². The van der Waals surface area contributed by atoms with Crippen LogP contribution in [0.5, 0.6) is 0 Å². The number of aromatic nitrogens is 3. The molecule has 4 aliphatic heterocycles. The minimum absolute atomic E-state index is 0.0418. The Morgan fingerprint density at radius 1 is 0.714 bits per heavy atom. The van der Waals surface area contributed by atoms with E-state index in [0.717, 1.165) is 69.0 Å². The Morgan fingerprint density at radius 3 is 1.86 bits per heavy atom. The number of rotatable bonds is 10. The minimum Gasteiger partial charge on any atom is -0.394 e. The average Bonchev–Trinajstić information content (AvgIpc) is 3.79. The zero-order chi connectivity index (χ0) is 33.3. The fourth-order valence-electron chi connectivity index (χ4n) is 7.92. The summed E-state index contributed by atoms with van der Waals surface area (Å²) in [6.07, 6.45) is 6.34. The summed E-state index contributed by atoms with van der Waals surface area (Å²) in [5.74, 6) is 2.49. The van der Waals surface area contributed by atoms with E-state index in [1.807, 2.05) is 41.3 Å². The number of hydrogen-bond acceptors (Lipinski definition) is 11. The molecule has 4 N–H and O–H groups in total. The third kappa shape index (κ3) is 7.03. The van der Waals surface area contributed by atoms with Gasteiger partial charge < -0.3 is 40.3 Å². The molecule has 49 heavy (non-hydrogen) atoms. The lowest BCUT2D eigenvalue weighted by Gasteiger charge is -2.36. The van der Waals surface area contributed by atoms with E-state index in [9.17, 15) is 15.0 Å². The van der Waals surface area contributed by atoms with Crippen LogP contribution in [0.15, 0.2) is 48.5 Å². The second-order valence-corrected chi connectivity index (χ2v) is 14.2. The fourth-order valence-corrected chi connectivity index (χ4v) is 7.92. The molecule has 4 atom stereocenters. The molecule has 4 unspecified atom stereocenters. The normalized spacial score (nSPS) is 25.6. The van der Waals surface area contributed by atoms with Gasteiger partial charge in [-0.25, -0.2) is 4.79 Å². The van der Waals surface area contributed by atoms with Crippen molar-refractivity contribution in [2.24, 2.45) is 5.92 Å². The number of aliphatic hydroxyl groups excluding tert-OH is 2. The number of nitrogens with one attached hydrogen (secondary N) is 2. The molecule has 2 bridgehead atoms. The first kappa shape index (κ1) is 32.2. The molecule has 5 fully saturated rings. The van der Waals surface area contributed by atoms with Gasteiger partial charge in [-0.2, -0.15) is 15.0 Å². The lowest BCUT2D eigenvalue weighted by molar-refractivity contribution is 0.0897. The van der Waals surface area contributed by atoms with Gasteiger partial charge in [0.2, 0.25) is 11.9 Å². The third-order valence-electron chi connectivity index (χ3n) is 10.8. The Kier molecular flexibility index (Phi) is 9.23. The highest BCUT2D eigenvalue weighted by atomic mass is 16.5. The summed E-state index contributed by atoms with van der Waals surface area (Å²) in [5, 5.41) is 26.2. The van der Waals surface area contributed by atoms with Crippen LogP contribution in [-0.2, 0) is 4.74 Å². The monoisotopic (exact) mass is 669 g/mol. The van der Waals surface area contributed by atoms with Gasteiger partial charge in [0.1, 0.15) is 0 Å². The third-order valence-corrected chi connectivity index (χ3v) is 10.8. The number of anilines is 5. The van der Waals surface area contributed by atoms with Crippen LogP contribution in [-0.4, -0.2) is 119 Å². The van der Waals surface area contributed by atoms with Crippen molar-refractivity contribution in [1.82, 2.24) is 19.9 Å². The molecule has 13 heteroatoms. The number of aliphatic hydroxyl groups is 2. The van der Waals surface area contributed by atoms with Crippen molar-refractivity contribution >= 4 is 35.0 Å². The molecule has 5 aliphatic rings. The summed E-state index contributed by atoms with van der Waals surface area (Å²) in [6.45, 7) is 6.71. The van der Waals surface area contributed by atoms with Crippen molar-refractivity contribution in [2.75, 3.05) is 84.5 Å². The second-order valence-electron chi connectivity index (χ2n) is 14.2. The number of urea groups is 1. The molecule has 8 rings (SSSR count). The highest BCUT2D eigenvalue weighted by Gasteiger charge is 2.41. The van der Waals surface area contributed by atoms with Crippen LogP contribution in [0.4, 0.5) is 33.8 Å². The zero-order valence-corrected chi connectivity index (χ0v) is 28.0. The highest BCUT2D eigenvalue weighted by Crippen LogP contribution is 2.36. The summed E-state index contributed by atoms with van der Waals surface area (Å²) >= 11 is 0. The summed E-state index contributed by atoms with van der Waals surface area (Å²) < 4.78 is 5.82. The molecule has 1 aromatic heterocycles. The van der Waals surface area contributed by atoms with Gasteiger partial charge in [0.25, 0.3) is 0 Å². The van der Waals surface area contributed by atoms with E-state index in [0.29, 0.717) is 36.6 Å². The van der Waals surface area contributed by atoms with E-state index in [-0.39, 0.29) is 43.4 Å². The number of morpholine rings is 1. The van der Waals surface area contributed by atoms with Gasteiger partial charge in [-0.3, -0.25) is 4.90 Å². The lowest BCUT2D eigenvalue weighted by atomic mass is 10.2. The van der Waals surface area contributed by atoms with Crippen molar-refractivity contribution in [3.63, 3.8) is 0 Å². The molecule has 5 heterocycles. The maximum Gasteiger partial charge on any atom is 0.323 e. The summed E-state index contributed by atoms with van der Waals surface area (Å²) in [4.78, 5) is 36.9. The van der Waals surface area contributed by atoms with Gasteiger partial charge in [-0.05, 0) is 93.0 Å². The molecule has 0 spiro atoms. The van der Waals surface area contributed by atoms with Gasteiger partial charge >= 0.3 is 6.03 Å². The van der Waals surface area contributed by atoms with Crippen molar-refractivity contribution < 1.29 is 19.7 Å². The van der Waals surface area contributed by atoms with Crippen LogP contribution in [0.2, 0.25) is 0 Å². The van der Waals surface area contributed by atoms with Gasteiger partial charge in [-0.15, -0.1) is 0 Å². The lowest BCUT2D eigenvalue weighted by Crippen LogP contribution is -2.47. The first-order valence-corrected chi connectivity index (χ1v) is 17.9. The molecule has 0 radical (unpaired) electrons. The molecule has 2 aromatic carbocycles. The molecule has 1 saturated carbocycles. The first-order chi connectivity index (χ1) is 24.0. The maximum absolute atomic E-state index is 12.9. The smallest absolute Gasteiger partial charge is 0.323 e. The molecule has 260 valence electrons. The van der Waals surface area contributed by atoms with Crippen LogP contribution >= 0.6 is 0 Å². The average molecular weight is 670 g/mol. The molecule has 2 amide bonds. The number of benzene rings is 2. The largest absolute Gasteiger partial charge is 0.394 e. The first-order valence-electron chi connectivity index (χ1n) is 17.9. The highest BCUT2D eigenvalue weighted by molar-refractivity contribution is 6.00. The molecule has 13 nitrogen and oxygen atoms in total. The van der Waals surface area contributed by atoms with Gasteiger partial charge in [0, 0.05) is 55.3 Å². The van der Waals surface area contributed by atoms with Crippen molar-refractivity contribution in [3.8, 4) is 11.4 Å². The van der Waals surface area contributed by atoms with E-state index >= 15 is 0 Å². The number of hydrogen-bond donors (Lipinski definition) is 4. The summed E-state index contributed by atoms with van der Waals surface area (Å²) in [5.41, 5.74) is 3.34. The second kappa shape index (κ2) is 14.1.